The number of hydrogen-bond acceptors (Lipinski definition) is 2. The Kier molecular flexibility index (Phi) is 8.82. The first kappa shape index (κ1) is 34.4. The number of fused-ring (bicyclic) bond motifs is 6. The van der Waals surface area contributed by atoms with Crippen LogP contribution in [-0.4, -0.2) is 15.1 Å². The van der Waals surface area contributed by atoms with Crippen LogP contribution >= 0.6 is 0 Å². The van der Waals surface area contributed by atoms with E-state index in [1.807, 2.05) is 13.0 Å². The third kappa shape index (κ3) is 6.18. The molecule has 0 saturated heterocycles. The Balaban J connectivity index is 0.968. The van der Waals surface area contributed by atoms with E-state index in [0.29, 0.717) is 0 Å². The maximum absolute atomic E-state index is 13.6. The Bertz CT molecular complexity index is 2760. The highest BCUT2D eigenvalue weighted by Crippen LogP contribution is 2.38. The van der Waals surface area contributed by atoms with E-state index in [1.165, 1.54) is 43.9 Å². The topological polar surface area (TPSA) is 36.2 Å². The Morgan fingerprint density at radius 1 is 0.564 bits per heavy atom. The molecule has 270 valence electrons. The highest BCUT2D eigenvalue weighted by molar-refractivity contribution is 6.10. The van der Waals surface area contributed by atoms with Crippen LogP contribution in [0.5, 0.6) is 0 Å². The molecular formula is C51H44N2O2. The summed E-state index contributed by atoms with van der Waals surface area (Å²) in [6.07, 6.45) is 1.47. The number of hydrogen-bond donors (Lipinski definition) is 0. The van der Waals surface area contributed by atoms with Crippen molar-refractivity contribution in [2.24, 2.45) is 5.41 Å². The zero-order chi connectivity index (χ0) is 37.5. The van der Waals surface area contributed by atoms with Gasteiger partial charge in [0.25, 0.3) is 0 Å². The van der Waals surface area contributed by atoms with Crippen molar-refractivity contribution in [2.45, 2.75) is 46.1 Å². The van der Waals surface area contributed by atoms with Gasteiger partial charge in [0, 0.05) is 32.9 Å². The number of esters is 1. The zero-order valence-corrected chi connectivity index (χ0v) is 31.6. The van der Waals surface area contributed by atoms with Crippen LogP contribution in [0.2, 0.25) is 0 Å². The summed E-state index contributed by atoms with van der Waals surface area (Å²) in [5.74, 6) is 0.120. The molecule has 0 aliphatic carbocycles. The van der Waals surface area contributed by atoms with Crippen molar-refractivity contribution in [3.63, 3.8) is 0 Å². The van der Waals surface area contributed by atoms with E-state index in [-0.39, 0.29) is 18.5 Å². The predicted octanol–water partition coefficient (Wildman–Crippen LogP) is 13.2. The van der Waals surface area contributed by atoms with E-state index in [4.69, 9.17) is 4.74 Å². The summed E-state index contributed by atoms with van der Waals surface area (Å²) in [4.78, 5) is 13.6. The lowest BCUT2D eigenvalue weighted by atomic mass is 9.77. The van der Waals surface area contributed by atoms with Crippen molar-refractivity contribution >= 4 is 49.6 Å². The van der Waals surface area contributed by atoms with Gasteiger partial charge in [-0.2, -0.15) is 0 Å². The predicted molar refractivity (Wildman–Crippen MR) is 228 cm³/mol. The molecule has 0 saturated carbocycles. The van der Waals surface area contributed by atoms with Crippen LogP contribution in [0, 0.1) is 5.41 Å². The molecule has 7 aromatic carbocycles. The Labute approximate surface area is 322 Å². The second-order valence-corrected chi connectivity index (χ2v) is 15.2. The van der Waals surface area contributed by atoms with Gasteiger partial charge in [-0.25, -0.2) is 0 Å². The Morgan fingerprint density at radius 3 is 1.53 bits per heavy atom. The Morgan fingerprint density at radius 2 is 1.02 bits per heavy atom. The average Bonchev–Trinajstić information content (AvgIpc) is 3.76. The molecule has 0 aliphatic rings. The van der Waals surface area contributed by atoms with Gasteiger partial charge in [-0.05, 0) is 103 Å². The first-order valence-electron chi connectivity index (χ1n) is 19.4. The molecule has 0 bridgehead atoms. The normalized spacial score (nSPS) is 13.4. The third-order valence-corrected chi connectivity index (χ3v) is 11.7. The molecule has 0 amide bonds. The first-order chi connectivity index (χ1) is 26.9. The van der Waals surface area contributed by atoms with E-state index in [9.17, 15) is 4.79 Å². The van der Waals surface area contributed by atoms with Gasteiger partial charge in [0.15, 0.2) is 0 Å². The molecule has 0 radical (unpaired) electrons. The van der Waals surface area contributed by atoms with E-state index in [1.54, 1.807) is 0 Å². The van der Waals surface area contributed by atoms with Crippen molar-refractivity contribution < 1.29 is 9.53 Å². The first-order valence-corrected chi connectivity index (χ1v) is 19.4. The standard InChI is InChI=1S/C51H44N2O2/c1-4-51(3,33-35(2)37-14-6-5-7-15-37)50(54)55-34-36-22-31-49-45(32-36)44-18-10-13-21-48(44)53(49)41-29-25-39(26-30-41)38-23-27-40(28-24-38)52-46-19-11-8-16-42(46)43-17-9-12-20-47(43)52/h5-32,35H,4,33-34H2,1-3H3. The summed E-state index contributed by atoms with van der Waals surface area (Å²) in [6.45, 7) is 6.56. The highest BCUT2D eigenvalue weighted by atomic mass is 16.5. The lowest BCUT2D eigenvalue weighted by Crippen LogP contribution is -2.30. The molecule has 0 aliphatic heterocycles. The molecular weight excluding hydrogens is 673 g/mol. The minimum Gasteiger partial charge on any atom is -0.460 e. The van der Waals surface area contributed by atoms with Crippen molar-refractivity contribution in [3.8, 4) is 22.5 Å². The molecule has 0 spiro atoms. The fraction of sp³-hybridized carbons (Fsp3) is 0.157. The molecule has 2 unspecified atom stereocenters. The van der Waals surface area contributed by atoms with Crippen LogP contribution in [0.4, 0.5) is 0 Å². The average molecular weight is 717 g/mol. The summed E-state index contributed by atoms with van der Waals surface area (Å²) >= 11 is 0. The number of aromatic nitrogens is 2. The smallest absolute Gasteiger partial charge is 0.312 e. The number of para-hydroxylation sites is 3. The van der Waals surface area contributed by atoms with Gasteiger partial charge in [-0.3, -0.25) is 4.79 Å². The summed E-state index contributed by atoms with van der Waals surface area (Å²) < 4.78 is 10.7. The van der Waals surface area contributed by atoms with Crippen LogP contribution in [0.1, 0.15) is 50.7 Å². The fourth-order valence-electron chi connectivity index (χ4n) is 8.46. The molecule has 2 heterocycles. The number of ether oxygens (including phenoxy) is 1. The van der Waals surface area contributed by atoms with Crippen LogP contribution in [-0.2, 0) is 16.1 Å². The molecule has 4 nitrogen and oxygen atoms in total. The maximum atomic E-state index is 13.6. The summed E-state index contributed by atoms with van der Waals surface area (Å²) in [5, 5.41) is 4.85. The number of benzene rings is 7. The lowest BCUT2D eigenvalue weighted by molar-refractivity contribution is -0.157. The van der Waals surface area contributed by atoms with Gasteiger partial charge in [0.1, 0.15) is 6.61 Å². The Hall–Kier alpha value is -6.39. The molecule has 4 heteroatoms. The van der Waals surface area contributed by atoms with Gasteiger partial charge < -0.3 is 13.9 Å². The van der Waals surface area contributed by atoms with Crippen LogP contribution in [0.15, 0.2) is 170 Å². The van der Waals surface area contributed by atoms with E-state index < -0.39 is 5.41 Å². The molecule has 55 heavy (non-hydrogen) atoms. The quantitative estimate of drug-likeness (QED) is 0.132. The monoisotopic (exact) mass is 716 g/mol. The van der Waals surface area contributed by atoms with E-state index >= 15 is 0 Å². The number of carbonyl (C=O) groups excluding carboxylic acids is 1. The van der Waals surface area contributed by atoms with Gasteiger partial charge in [0.2, 0.25) is 0 Å². The molecule has 2 atom stereocenters. The van der Waals surface area contributed by atoms with Gasteiger partial charge >= 0.3 is 5.97 Å². The fourth-order valence-corrected chi connectivity index (χ4v) is 8.46. The largest absolute Gasteiger partial charge is 0.460 e. The molecule has 0 fully saturated rings. The van der Waals surface area contributed by atoms with E-state index in [0.717, 1.165) is 46.2 Å². The van der Waals surface area contributed by atoms with Gasteiger partial charge in [-0.15, -0.1) is 0 Å². The van der Waals surface area contributed by atoms with Crippen LogP contribution < -0.4 is 0 Å². The highest BCUT2D eigenvalue weighted by Gasteiger charge is 2.35. The number of nitrogens with zero attached hydrogens (tertiary/aromatic N) is 2. The molecule has 0 N–H and O–H groups in total. The SMILES string of the molecule is CCC(C)(CC(C)c1ccccc1)C(=O)OCc1ccc2c(c1)c1ccccc1n2-c1ccc(-c2ccc(-n3c4ccccc4c4ccccc43)cc2)cc1. The molecule has 9 rings (SSSR count). The van der Waals surface area contributed by atoms with Gasteiger partial charge in [0.05, 0.1) is 27.5 Å². The minimum atomic E-state index is -0.560. The lowest BCUT2D eigenvalue weighted by Gasteiger charge is -2.29. The second-order valence-electron chi connectivity index (χ2n) is 15.2. The van der Waals surface area contributed by atoms with E-state index in [2.05, 4.69) is 187 Å². The zero-order valence-electron chi connectivity index (χ0n) is 31.6. The minimum absolute atomic E-state index is 0.137. The summed E-state index contributed by atoms with van der Waals surface area (Å²) in [5.41, 5.74) is 10.9. The molecule has 9 aromatic rings. The third-order valence-electron chi connectivity index (χ3n) is 11.7. The van der Waals surface area contributed by atoms with Crippen LogP contribution in [0.25, 0.3) is 66.1 Å². The van der Waals surface area contributed by atoms with Crippen molar-refractivity contribution in [1.29, 1.82) is 0 Å². The number of rotatable bonds is 10. The summed E-state index contributed by atoms with van der Waals surface area (Å²) in [6, 6.07) is 60.4. The second kappa shape index (κ2) is 14.1. The maximum Gasteiger partial charge on any atom is 0.312 e. The van der Waals surface area contributed by atoms with Crippen LogP contribution in [0.3, 0.4) is 0 Å². The summed E-state index contributed by atoms with van der Waals surface area (Å²) in [7, 11) is 0. The van der Waals surface area contributed by atoms with Crippen molar-refractivity contribution in [3.05, 3.63) is 181 Å². The molecule has 2 aromatic heterocycles. The van der Waals surface area contributed by atoms with Crippen molar-refractivity contribution in [1.82, 2.24) is 9.13 Å². The number of carbonyl (C=O) groups is 1. The van der Waals surface area contributed by atoms with Gasteiger partial charge in [-0.1, -0.05) is 129 Å². The van der Waals surface area contributed by atoms with Crippen molar-refractivity contribution in [2.75, 3.05) is 0 Å².